The van der Waals surface area contributed by atoms with Crippen LogP contribution in [0.4, 0.5) is 0 Å². The van der Waals surface area contributed by atoms with Crippen LogP contribution in [-0.4, -0.2) is 20.9 Å². The molecule has 0 unspecified atom stereocenters. The van der Waals surface area contributed by atoms with Gasteiger partial charge in [0.1, 0.15) is 5.41 Å². The van der Waals surface area contributed by atoms with Crippen LogP contribution < -0.4 is 0 Å². The average Bonchev–Trinajstić information content (AvgIpc) is 2.76. The molecule has 0 saturated carbocycles. The molecule has 0 aliphatic carbocycles. The number of benzene rings is 1. The Morgan fingerprint density at radius 1 is 1.21 bits per heavy atom. The molecule has 0 radical (unpaired) electrons. The monoisotopic (exact) mass is 258 g/mol. The molecule has 0 aliphatic rings. The predicted molar refractivity (Wildman–Crippen MR) is 73.7 cm³/mol. The number of hydrogen-bond acceptors (Lipinski definition) is 2. The molecule has 0 bridgehead atoms. The predicted octanol–water partition coefficient (Wildman–Crippen LogP) is 2.85. The first-order chi connectivity index (χ1) is 8.80. The van der Waals surface area contributed by atoms with Crippen molar-refractivity contribution in [3.05, 3.63) is 47.3 Å². The van der Waals surface area contributed by atoms with Crippen molar-refractivity contribution in [2.75, 3.05) is 0 Å². The minimum atomic E-state index is -0.982. The third-order valence-electron chi connectivity index (χ3n) is 3.24. The largest absolute Gasteiger partial charge is 0.481 e. The van der Waals surface area contributed by atoms with E-state index in [0.29, 0.717) is 5.69 Å². The molecule has 4 heteroatoms. The molecule has 4 nitrogen and oxygen atoms in total. The van der Waals surface area contributed by atoms with E-state index in [4.69, 9.17) is 0 Å². The molecule has 0 fully saturated rings. The summed E-state index contributed by atoms with van der Waals surface area (Å²) in [5, 5.41) is 13.6. The summed E-state index contributed by atoms with van der Waals surface area (Å²) in [6.07, 6.45) is 1.80. The lowest BCUT2D eigenvalue weighted by atomic mass is 9.90. The molecule has 1 N–H and O–H groups in total. The number of aliphatic carboxylic acids is 1. The molecule has 0 aliphatic heterocycles. The third kappa shape index (κ3) is 2.52. The van der Waals surface area contributed by atoms with E-state index >= 15 is 0 Å². The molecular formula is C15H18N2O2. The lowest BCUT2D eigenvalue weighted by Crippen LogP contribution is -2.29. The second-order valence-electron chi connectivity index (χ2n) is 5.42. The van der Waals surface area contributed by atoms with Crippen molar-refractivity contribution in [1.29, 1.82) is 0 Å². The highest BCUT2D eigenvalue weighted by Crippen LogP contribution is 2.22. The van der Waals surface area contributed by atoms with Crippen LogP contribution in [-0.2, 0) is 10.2 Å². The van der Waals surface area contributed by atoms with Gasteiger partial charge in [-0.3, -0.25) is 4.79 Å². The lowest BCUT2D eigenvalue weighted by molar-refractivity contribution is -0.142. The molecule has 2 rings (SSSR count). The van der Waals surface area contributed by atoms with Gasteiger partial charge < -0.3 is 5.11 Å². The van der Waals surface area contributed by atoms with Gasteiger partial charge in [0.25, 0.3) is 0 Å². The zero-order valence-electron chi connectivity index (χ0n) is 11.6. The summed E-state index contributed by atoms with van der Waals surface area (Å²) < 4.78 is 1.72. The first kappa shape index (κ1) is 13.3. The van der Waals surface area contributed by atoms with Crippen molar-refractivity contribution < 1.29 is 9.90 Å². The standard InChI is InChI=1S/C15H18N2O2/c1-10-7-11(2)9-12(8-10)17-6-5-13(16-17)15(3,4)14(18)19/h5-9H,1-4H3,(H,18,19). The Kier molecular flexibility index (Phi) is 3.18. The highest BCUT2D eigenvalue weighted by atomic mass is 16.4. The molecular weight excluding hydrogens is 240 g/mol. The topological polar surface area (TPSA) is 55.1 Å². The van der Waals surface area contributed by atoms with E-state index < -0.39 is 11.4 Å². The van der Waals surface area contributed by atoms with Crippen molar-refractivity contribution in [3.8, 4) is 5.69 Å². The van der Waals surface area contributed by atoms with Crippen molar-refractivity contribution >= 4 is 5.97 Å². The summed E-state index contributed by atoms with van der Waals surface area (Å²) in [5.74, 6) is -0.877. The summed E-state index contributed by atoms with van der Waals surface area (Å²) in [6.45, 7) is 7.37. The zero-order valence-corrected chi connectivity index (χ0v) is 11.6. The van der Waals surface area contributed by atoms with Gasteiger partial charge in [-0.1, -0.05) is 6.07 Å². The van der Waals surface area contributed by atoms with Crippen LogP contribution in [0.25, 0.3) is 5.69 Å². The van der Waals surface area contributed by atoms with Gasteiger partial charge in [0, 0.05) is 6.20 Å². The molecule has 0 atom stereocenters. The molecule has 0 spiro atoms. The fourth-order valence-corrected chi connectivity index (χ4v) is 1.99. The smallest absolute Gasteiger partial charge is 0.315 e. The quantitative estimate of drug-likeness (QED) is 0.921. The Bertz CT molecular complexity index is 607. The number of aryl methyl sites for hydroxylation is 2. The second kappa shape index (κ2) is 4.53. The highest BCUT2D eigenvalue weighted by Gasteiger charge is 2.32. The van der Waals surface area contributed by atoms with E-state index in [0.717, 1.165) is 16.8 Å². The average molecular weight is 258 g/mol. The van der Waals surface area contributed by atoms with Gasteiger partial charge in [-0.05, 0) is 57.0 Å². The molecule has 2 aromatic rings. The first-order valence-corrected chi connectivity index (χ1v) is 6.19. The van der Waals surface area contributed by atoms with E-state index in [9.17, 15) is 9.90 Å². The normalized spacial score (nSPS) is 11.6. The Balaban J connectivity index is 2.44. The van der Waals surface area contributed by atoms with Crippen LogP contribution in [0, 0.1) is 13.8 Å². The summed E-state index contributed by atoms with van der Waals surface area (Å²) in [7, 11) is 0. The molecule has 100 valence electrons. The van der Waals surface area contributed by atoms with E-state index in [-0.39, 0.29) is 0 Å². The van der Waals surface area contributed by atoms with Crippen molar-refractivity contribution in [1.82, 2.24) is 9.78 Å². The Hall–Kier alpha value is -2.10. The number of nitrogens with zero attached hydrogens (tertiary/aromatic N) is 2. The molecule has 1 aromatic carbocycles. The van der Waals surface area contributed by atoms with E-state index in [1.807, 2.05) is 26.0 Å². The van der Waals surface area contributed by atoms with Gasteiger partial charge in [0.2, 0.25) is 0 Å². The summed E-state index contributed by atoms with van der Waals surface area (Å²) in [4.78, 5) is 11.2. The van der Waals surface area contributed by atoms with Crippen LogP contribution in [0.2, 0.25) is 0 Å². The maximum atomic E-state index is 11.2. The van der Waals surface area contributed by atoms with Crippen LogP contribution in [0.5, 0.6) is 0 Å². The third-order valence-corrected chi connectivity index (χ3v) is 3.24. The maximum Gasteiger partial charge on any atom is 0.315 e. The Morgan fingerprint density at radius 3 is 2.32 bits per heavy atom. The van der Waals surface area contributed by atoms with Gasteiger partial charge in [-0.15, -0.1) is 0 Å². The summed E-state index contributed by atoms with van der Waals surface area (Å²) >= 11 is 0. The fourth-order valence-electron chi connectivity index (χ4n) is 1.99. The number of rotatable bonds is 3. The van der Waals surface area contributed by atoms with Crippen LogP contribution in [0.3, 0.4) is 0 Å². The highest BCUT2D eigenvalue weighted by molar-refractivity contribution is 5.79. The van der Waals surface area contributed by atoms with Gasteiger partial charge in [-0.25, -0.2) is 4.68 Å². The van der Waals surface area contributed by atoms with Crippen molar-refractivity contribution in [3.63, 3.8) is 0 Å². The Morgan fingerprint density at radius 2 is 1.79 bits per heavy atom. The molecule has 0 saturated heterocycles. The number of carboxylic acids is 1. The minimum Gasteiger partial charge on any atom is -0.481 e. The van der Waals surface area contributed by atoms with Crippen LogP contribution in [0.15, 0.2) is 30.5 Å². The number of aromatic nitrogens is 2. The zero-order chi connectivity index (χ0) is 14.2. The fraction of sp³-hybridized carbons (Fsp3) is 0.333. The van der Waals surface area contributed by atoms with Crippen molar-refractivity contribution in [2.45, 2.75) is 33.1 Å². The lowest BCUT2D eigenvalue weighted by Gasteiger charge is -2.15. The number of carbonyl (C=O) groups is 1. The molecule has 1 aromatic heterocycles. The van der Waals surface area contributed by atoms with E-state index in [1.54, 1.807) is 30.8 Å². The molecule has 19 heavy (non-hydrogen) atoms. The molecule has 1 heterocycles. The summed E-state index contributed by atoms with van der Waals surface area (Å²) in [5.41, 5.74) is 2.84. The van der Waals surface area contributed by atoms with E-state index in [1.165, 1.54) is 0 Å². The second-order valence-corrected chi connectivity index (χ2v) is 5.42. The first-order valence-electron chi connectivity index (χ1n) is 6.19. The van der Waals surface area contributed by atoms with Crippen LogP contribution in [0.1, 0.15) is 30.7 Å². The van der Waals surface area contributed by atoms with Gasteiger partial charge in [-0.2, -0.15) is 5.10 Å². The van der Waals surface area contributed by atoms with E-state index in [2.05, 4.69) is 11.2 Å². The Labute approximate surface area is 112 Å². The number of hydrogen-bond donors (Lipinski definition) is 1. The SMILES string of the molecule is Cc1cc(C)cc(-n2ccc(C(C)(C)C(=O)O)n2)c1. The molecule has 0 amide bonds. The maximum absolute atomic E-state index is 11.2. The van der Waals surface area contributed by atoms with Gasteiger partial charge in [0.05, 0.1) is 11.4 Å². The minimum absolute atomic E-state index is 0.555. The van der Waals surface area contributed by atoms with Crippen molar-refractivity contribution in [2.24, 2.45) is 0 Å². The van der Waals surface area contributed by atoms with Gasteiger partial charge in [0.15, 0.2) is 0 Å². The summed E-state index contributed by atoms with van der Waals surface area (Å²) in [6, 6.07) is 7.90. The van der Waals surface area contributed by atoms with Crippen LogP contribution >= 0.6 is 0 Å². The number of carboxylic acid groups (broad SMARTS) is 1. The van der Waals surface area contributed by atoms with Gasteiger partial charge >= 0.3 is 5.97 Å².